The summed E-state index contributed by atoms with van der Waals surface area (Å²) in [7, 11) is 0. The lowest BCUT2D eigenvalue weighted by Gasteiger charge is -2.07. The van der Waals surface area contributed by atoms with Crippen molar-refractivity contribution in [2.45, 2.75) is 0 Å². The van der Waals surface area contributed by atoms with Crippen molar-refractivity contribution in [1.82, 2.24) is 9.97 Å². The third-order valence-corrected chi connectivity index (χ3v) is 2.10. The molecule has 0 saturated heterocycles. The van der Waals surface area contributed by atoms with Crippen molar-refractivity contribution in [3.63, 3.8) is 0 Å². The number of nitrogens with one attached hydrogen (secondary N) is 1. The van der Waals surface area contributed by atoms with Crippen LogP contribution in [0.25, 0.3) is 11.1 Å². The van der Waals surface area contributed by atoms with Crippen LogP contribution in [0.4, 0.5) is 16.2 Å². The maximum atomic E-state index is 12.8. The molecule has 0 unspecified atom stereocenters. The molecule has 2 rings (SSSR count). The van der Waals surface area contributed by atoms with Crippen LogP contribution in [-0.4, -0.2) is 9.97 Å². The molecule has 2 aromatic rings. The highest BCUT2D eigenvalue weighted by atomic mass is 19.1. The van der Waals surface area contributed by atoms with E-state index < -0.39 is 0 Å². The van der Waals surface area contributed by atoms with Crippen LogP contribution in [0.2, 0.25) is 0 Å². The highest BCUT2D eigenvalue weighted by molar-refractivity contribution is 5.74. The second-order valence-corrected chi connectivity index (χ2v) is 3.14. The van der Waals surface area contributed by atoms with Gasteiger partial charge in [0.25, 0.3) is 0 Å². The van der Waals surface area contributed by atoms with Crippen LogP contribution in [0, 0.1) is 5.82 Å². The molecule has 0 aliphatic heterocycles. The van der Waals surface area contributed by atoms with Gasteiger partial charge in [-0.2, -0.15) is 4.98 Å². The molecule has 0 fully saturated rings. The minimum atomic E-state index is -0.303. The number of halogens is 1. The number of nitrogen functional groups attached to an aromatic ring is 2. The second kappa shape index (κ2) is 4.11. The lowest BCUT2D eigenvalue weighted by molar-refractivity contribution is 0.628. The van der Waals surface area contributed by atoms with E-state index in [-0.39, 0.29) is 11.8 Å². The van der Waals surface area contributed by atoms with Gasteiger partial charge in [-0.3, -0.25) is 0 Å². The summed E-state index contributed by atoms with van der Waals surface area (Å²) in [6, 6.07) is 5.94. The first-order valence-electron chi connectivity index (χ1n) is 4.56. The molecule has 16 heavy (non-hydrogen) atoms. The molecule has 0 amide bonds. The largest absolute Gasteiger partial charge is 0.368 e. The number of aromatic nitrogens is 2. The van der Waals surface area contributed by atoms with Gasteiger partial charge in [0, 0.05) is 11.8 Å². The fraction of sp³-hybridized carbons (Fsp3) is 0. The van der Waals surface area contributed by atoms with Crippen LogP contribution in [0.1, 0.15) is 0 Å². The van der Waals surface area contributed by atoms with E-state index in [0.717, 1.165) is 5.56 Å². The van der Waals surface area contributed by atoms with Crippen molar-refractivity contribution in [2.24, 2.45) is 5.84 Å². The Labute approximate surface area is 91.3 Å². The molecule has 1 heterocycles. The van der Waals surface area contributed by atoms with E-state index in [4.69, 9.17) is 11.6 Å². The second-order valence-electron chi connectivity index (χ2n) is 3.14. The predicted molar refractivity (Wildman–Crippen MR) is 59.6 cm³/mol. The number of nitrogens with zero attached hydrogens (tertiary/aromatic N) is 2. The Hall–Kier alpha value is -2.21. The average molecular weight is 219 g/mol. The van der Waals surface area contributed by atoms with Gasteiger partial charge in [0.1, 0.15) is 5.82 Å². The summed E-state index contributed by atoms with van der Waals surface area (Å²) in [6.45, 7) is 0. The van der Waals surface area contributed by atoms with Crippen LogP contribution >= 0.6 is 0 Å². The molecular formula is C10H10FN5. The number of anilines is 2. The number of hydrogen-bond donors (Lipinski definition) is 3. The summed E-state index contributed by atoms with van der Waals surface area (Å²) in [4.78, 5) is 7.79. The van der Waals surface area contributed by atoms with Crippen LogP contribution < -0.4 is 17.0 Å². The van der Waals surface area contributed by atoms with Crippen LogP contribution in [0.15, 0.2) is 30.5 Å². The number of hydrazine groups is 1. The van der Waals surface area contributed by atoms with E-state index in [2.05, 4.69) is 15.4 Å². The molecule has 0 aliphatic rings. The molecular weight excluding hydrogens is 209 g/mol. The zero-order valence-corrected chi connectivity index (χ0v) is 8.31. The lowest BCUT2D eigenvalue weighted by atomic mass is 10.1. The molecule has 0 radical (unpaired) electrons. The number of hydrogen-bond acceptors (Lipinski definition) is 5. The van der Waals surface area contributed by atoms with Gasteiger partial charge in [-0.05, 0) is 17.7 Å². The first-order chi connectivity index (χ1) is 7.70. The van der Waals surface area contributed by atoms with Gasteiger partial charge in [0.2, 0.25) is 5.95 Å². The topological polar surface area (TPSA) is 89.8 Å². The molecule has 1 aromatic heterocycles. The van der Waals surface area contributed by atoms with E-state index in [9.17, 15) is 4.39 Å². The van der Waals surface area contributed by atoms with Crippen molar-refractivity contribution in [3.05, 3.63) is 36.3 Å². The molecule has 82 valence electrons. The van der Waals surface area contributed by atoms with Crippen LogP contribution in [-0.2, 0) is 0 Å². The highest BCUT2D eigenvalue weighted by Crippen LogP contribution is 2.25. The van der Waals surface area contributed by atoms with Crippen LogP contribution in [0.5, 0.6) is 0 Å². The standard InChI is InChI=1S/C10H10FN5/c11-7-3-1-6(2-4-7)8-5-14-10(12)15-9(8)16-13/h1-5H,13H2,(H3,12,14,15,16). The summed E-state index contributed by atoms with van der Waals surface area (Å²) < 4.78 is 12.8. The Bertz CT molecular complexity index is 497. The molecule has 0 bridgehead atoms. The molecule has 1 aromatic carbocycles. The Kier molecular flexibility index (Phi) is 2.65. The van der Waals surface area contributed by atoms with E-state index in [1.54, 1.807) is 12.1 Å². The molecule has 6 heteroatoms. The molecule has 5 N–H and O–H groups in total. The molecule has 0 atom stereocenters. The summed E-state index contributed by atoms with van der Waals surface area (Å²) in [6.07, 6.45) is 1.53. The smallest absolute Gasteiger partial charge is 0.222 e. The normalized spacial score (nSPS) is 10.1. The third-order valence-electron chi connectivity index (χ3n) is 2.10. The van der Waals surface area contributed by atoms with Crippen LogP contribution in [0.3, 0.4) is 0 Å². The maximum absolute atomic E-state index is 12.8. The SMILES string of the molecule is NNc1nc(N)ncc1-c1ccc(F)cc1. The van der Waals surface area contributed by atoms with Gasteiger partial charge >= 0.3 is 0 Å². The summed E-state index contributed by atoms with van der Waals surface area (Å²) >= 11 is 0. The molecule has 5 nitrogen and oxygen atoms in total. The highest BCUT2D eigenvalue weighted by Gasteiger charge is 2.07. The minimum absolute atomic E-state index is 0.124. The lowest BCUT2D eigenvalue weighted by Crippen LogP contribution is -2.11. The first-order valence-corrected chi connectivity index (χ1v) is 4.56. The fourth-order valence-electron chi connectivity index (χ4n) is 1.35. The van der Waals surface area contributed by atoms with Crippen molar-refractivity contribution < 1.29 is 4.39 Å². The first kappa shape index (κ1) is 10.3. The van der Waals surface area contributed by atoms with E-state index in [1.165, 1.54) is 18.3 Å². The Morgan fingerprint density at radius 2 is 1.88 bits per heavy atom. The van der Waals surface area contributed by atoms with Gasteiger partial charge < -0.3 is 11.2 Å². The van der Waals surface area contributed by atoms with Gasteiger partial charge in [0.05, 0.1) is 0 Å². The summed E-state index contributed by atoms with van der Waals surface area (Å²) in [5.41, 5.74) is 9.27. The van der Waals surface area contributed by atoms with E-state index in [1.807, 2.05) is 0 Å². The van der Waals surface area contributed by atoms with Crippen molar-refractivity contribution in [1.29, 1.82) is 0 Å². The number of benzene rings is 1. The third kappa shape index (κ3) is 1.91. The van der Waals surface area contributed by atoms with Gasteiger partial charge in [-0.25, -0.2) is 15.2 Å². The Morgan fingerprint density at radius 1 is 1.19 bits per heavy atom. The zero-order chi connectivity index (χ0) is 11.5. The van der Waals surface area contributed by atoms with E-state index in [0.29, 0.717) is 11.4 Å². The van der Waals surface area contributed by atoms with E-state index >= 15 is 0 Å². The summed E-state index contributed by atoms with van der Waals surface area (Å²) in [5.74, 6) is 5.54. The maximum Gasteiger partial charge on any atom is 0.222 e. The molecule has 0 aliphatic carbocycles. The summed E-state index contributed by atoms with van der Waals surface area (Å²) in [5, 5.41) is 0. The fourth-order valence-corrected chi connectivity index (χ4v) is 1.35. The van der Waals surface area contributed by atoms with Gasteiger partial charge in [-0.1, -0.05) is 12.1 Å². The molecule has 0 saturated carbocycles. The zero-order valence-electron chi connectivity index (χ0n) is 8.31. The minimum Gasteiger partial charge on any atom is -0.368 e. The average Bonchev–Trinajstić information content (AvgIpc) is 2.30. The van der Waals surface area contributed by atoms with Gasteiger partial charge in [0.15, 0.2) is 5.82 Å². The Balaban J connectivity index is 2.51. The predicted octanol–water partition coefficient (Wildman–Crippen LogP) is 1.15. The Morgan fingerprint density at radius 3 is 2.50 bits per heavy atom. The monoisotopic (exact) mass is 219 g/mol. The van der Waals surface area contributed by atoms with Crippen molar-refractivity contribution in [2.75, 3.05) is 11.2 Å². The van der Waals surface area contributed by atoms with Crippen molar-refractivity contribution in [3.8, 4) is 11.1 Å². The molecule has 0 spiro atoms. The quantitative estimate of drug-likeness (QED) is 0.520. The van der Waals surface area contributed by atoms with Gasteiger partial charge in [-0.15, -0.1) is 0 Å². The number of rotatable bonds is 2. The van der Waals surface area contributed by atoms with Crippen molar-refractivity contribution >= 4 is 11.8 Å². The number of nitrogens with two attached hydrogens (primary N) is 2.